The molecule has 1 aliphatic rings. The maximum atomic E-state index is 11.4. The second-order valence-electron chi connectivity index (χ2n) is 3.40. The van der Waals surface area contributed by atoms with Crippen LogP contribution in [0.4, 0.5) is 0 Å². The molecule has 0 saturated carbocycles. The van der Waals surface area contributed by atoms with E-state index in [2.05, 4.69) is 0 Å². The summed E-state index contributed by atoms with van der Waals surface area (Å²) in [6.07, 6.45) is 0. The monoisotopic (exact) mass is 168 g/mol. The van der Waals surface area contributed by atoms with Crippen LogP contribution in [0.15, 0.2) is 11.1 Å². The summed E-state index contributed by atoms with van der Waals surface area (Å²) in [7, 11) is 0. The van der Waals surface area contributed by atoms with E-state index in [4.69, 9.17) is 5.11 Å². The van der Waals surface area contributed by atoms with E-state index in [1.54, 1.807) is 13.8 Å². The van der Waals surface area contributed by atoms with Crippen molar-refractivity contribution in [3.8, 4) is 0 Å². The fourth-order valence-corrected chi connectivity index (χ4v) is 1.41. The van der Waals surface area contributed by atoms with Crippen LogP contribution < -0.4 is 0 Å². The van der Waals surface area contributed by atoms with Crippen LogP contribution in [-0.2, 0) is 9.59 Å². The molecule has 1 aliphatic carbocycles. The molecule has 0 aromatic rings. The molecule has 1 rings (SSSR count). The molecule has 66 valence electrons. The number of rotatable bonds is 1. The number of hydrogen-bond donors (Lipinski definition) is 1. The highest BCUT2D eigenvalue weighted by Gasteiger charge is 2.47. The Hall–Kier alpha value is -0.960. The number of carbonyl (C=O) groups excluding carboxylic acids is 2. The Morgan fingerprint density at radius 3 is 1.67 bits per heavy atom. The molecule has 0 aliphatic heterocycles. The lowest BCUT2D eigenvalue weighted by atomic mass is 9.85. The van der Waals surface area contributed by atoms with Gasteiger partial charge < -0.3 is 5.11 Å². The summed E-state index contributed by atoms with van der Waals surface area (Å²) in [5, 5.41) is 8.93. The van der Waals surface area contributed by atoms with E-state index in [-0.39, 0.29) is 11.6 Å². The van der Waals surface area contributed by atoms with E-state index in [1.807, 2.05) is 0 Å². The molecule has 0 unspecified atom stereocenters. The lowest BCUT2D eigenvalue weighted by Gasteiger charge is -2.16. The predicted octanol–water partition coefficient (Wildman–Crippen LogP) is 0.473. The van der Waals surface area contributed by atoms with Gasteiger partial charge in [0.2, 0.25) is 0 Å². The van der Waals surface area contributed by atoms with E-state index in [0.29, 0.717) is 11.1 Å². The molecule has 0 heterocycles. The number of hydrogen-bond acceptors (Lipinski definition) is 3. The summed E-state index contributed by atoms with van der Waals surface area (Å²) in [6.45, 7) is 4.32. The Balaban J connectivity index is 3.20. The quantitative estimate of drug-likeness (QED) is 0.579. The molecule has 0 saturated heterocycles. The molecular formula is C9H12O3. The molecular weight excluding hydrogens is 156 g/mol. The standard InChI is InChI=1S/C9H12O3/c1-5-6(2)8(12)9(3,4-10)7(5)11/h10H,4H2,1-3H3. The molecule has 12 heavy (non-hydrogen) atoms. The number of aliphatic hydroxyl groups excluding tert-OH is 1. The summed E-state index contributed by atoms with van der Waals surface area (Å²) in [6, 6.07) is 0. The molecule has 0 amide bonds. The van der Waals surface area contributed by atoms with Crippen LogP contribution in [0.2, 0.25) is 0 Å². The third kappa shape index (κ3) is 0.862. The van der Waals surface area contributed by atoms with Crippen molar-refractivity contribution in [2.75, 3.05) is 6.61 Å². The predicted molar refractivity (Wildman–Crippen MR) is 43.6 cm³/mol. The number of aliphatic hydroxyl groups is 1. The van der Waals surface area contributed by atoms with Crippen molar-refractivity contribution in [2.45, 2.75) is 20.8 Å². The Kier molecular flexibility index (Phi) is 1.92. The van der Waals surface area contributed by atoms with Crippen molar-refractivity contribution in [1.82, 2.24) is 0 Å². The van der Waals surface area contributed by atoms with Crippen molar-refractivity contribution in [3.05, 3.63) is 11.1 Å². The fraction of sp³-hybridized carbons (Fsp3) is 0.556. The van der Waals surface area contributed by atoms with Crippen LogP contribution >= 0.6 is 0 Å². The minimum Gasteiger partial charge on any atom is -0.395 e. The SMILES string of the molecule is CC1=C(C)C(=O)C(C)(CO)C1=O. The van der Waals surface area contributed by atoms with Gasteiger partial charge in [0.05, 0.1) is 6.61 Å². The molecule has 0 bridgehead atoms. The molecule has 3 heteroatoms. The summed E-state index contributed by atoms with van der Waals surface area (Å²) in [5.74, 6) is -0.486. The number of ketones is 2. The highest BCUT2D eigenvalue weighted by molar-refractivity contribution is 6.27. The zero-order chi connectivity index (χ0) is 9.52. The molecule has 0 atom stereocenters. The largest absolute Gasteiger partial charge is 0.395 e. The van der Waals surface area contributed by atoms with Gasteiger partial charge in [0.15, 0.2) is 11.6 Å². The van der Waals surface area contributed by atoms with Crippen molar-refractivity contribution in [2.24, 2.45) is 5.41 Å². The van der Waals surface area contributed by atoms with Crippen LogP contribution in [0.3, 0.4) is 0 Å². The summed E-state index contributed by atoms with van der Waals surface area (Å²) in [4.78, 5) is 22.9. The Morgan fingerprint density at radius 1 is 1.17 bits per heavy atom. The van der Waals surface area contributed by atoms with Crippen molar-refractivity contribution in [1.29, 1.82) is 0 Å². The summed E-state index contributed by atoms with van der Waals surface area (Å²) in [5.41, 5.74) is -0.234. The Bertz CT molecular complexity index is 262. The number of allylic oxidation sites excluding steroid dienone is 2. The molecule has 0 radical (unpaired) electrons. The first-order valence-corrected chi connectivity index (χ1v) is 3.83. The summed E-state index contributed by atoms with van der Waals surface area (Å²) < 4.78 is 0. The Labute approximate surface area is 71.1 Å². The van der Waals surface area contributed by atoms with Gasteiger partial charge >= 0.3 is 0 Å². The van der Waals surface area contributed by atoms with Gasteiger partial charge in [-0.1, -0.05) is 0 Å². The Morgan fingerprint density at radius 2 is 1.50 bits per heavy atom. The van der Waals surface area contributed by atoms with Crippen molar-refractivity contribution < 1.29 is 14.7 Å². The van der Waals surface area contributed by atoms with Gasteiger partial charge in [-0.15, -0.1) is 0 Å². The second kappa shape index (κ2) is 2.52. The zero-order valence-electron chi connectivity index (χ0n) is 7.47. The van der Waals surface area contributed by atoms with Crippen LogP contribution in [-0.4, -0.2) is 23.3 Å². The lowest BCUT2D eigenvalue weighted by molar-refractivity contribution is -0.135. The van der Waals surface area contributed by atoms with Crippen molar-refractivity contribution >= 4 is 11.6 Å². The van der Waals surface area contributed by atoms with E-state index >= 15 is 0 Å². The minimum atomic E-state index is -1.20. The van der Waals surface area contributed by atoms with Gasteiger partial charge in [-0.25, -0.2) is 0 Å². The average Bonchev–Trinajstić information content (AvgIpc) is 2.22. The van der Waals surface area contributed by atoms with Gasteiger partial charge in [-0.05, 0) is 31.9 Å². The number of carbonyl (C=O) groups is 2. The van der Waals surface area contributed by atoms with E-state index in [9.17, 15) is 9.59 Å². The van der Waals surface area contributed by atoms with Crippen LogP contribution in [0.5, 0.6) is 0 Å². The maximum Gasteiger partial charge on any atom is 0.174 e. The third-order valence-corrected chi connectivity index (χ3v) is 2.56. The summed E-state index contributed by atoms with van der Waals surface area (Å²) >= 11 is 0. The van der Waals surface area contributed by atoms with Crippen LogP contribution in [0.1, 0.15) is 20.8 Å². The van der Waals surface area contributed by atoms with Crippen LogP contribution in [0, 0.1) is 5.41 Å². The molecule has 0 aromatic heterocycles. The van der Waals surface area contributed by atoms with Gasteiger partial charge in [0.25, 0.3) is 0 Å². The molecule has 0 spiro atoms. The molecule has 0 aromatic carbocycles. The van der Waals surface area contributed by atoms with E-state index in [0.717, 1.165) is 0 Å². The topological polar surface area (TPSA) is 54.4 Å². The van der Waals surface area contributed by atoms with Gasteiger partial charge in [-0.2, -0.15) is 0 Å². The minimum absolute atomic E-state index is 0.243. The molecule has 0 fully saturated rings. The normalized spacial score (nSPS) is 22.3. The fourth-order valence-electron chi connectivity index (χ4n) is 1.41. The van der Waals surface area contributed by atoms with Crippen LogP contribution in [0.25, 0.3) is 0 Å². The first-order chi connectivity index (χ1) is 5.45. The maximum absolute atomic E-state index is 11.4. The lowest BCUT2D eigenvalue weighted by Crippen LogP contribution is -2.35. The van der Waals surface area contributed by atoms with E-state index < -0.39 is 12.0 Å². The van der Waals surface area contributed by atoms with Gasteiger partial charge in [-0.3, -0.25) is 9.59 Å². The third-order valence-electron chi connectivity index (χ3n) is 2.56. The van der Waals surface area contributed by atoms with Gasteiger partial charge in [0.1, 0.15) is 5.41 Å². The van der Waals surface area contributed by atoms with Gasteiger partial charge in [0, 0.05) is 0 Å². The zero-order valence-corrected chi connectivity index (χ0v) is 7.47. The highest BCUT2D eigenvalue weighted by atomic mass is 16.3. The molecule has 3 nitrogen and oxygen atoms in total. The molecule has 1 N–H and O–H groups in total. The van der Waals surface area contributed by atoms with E-state index in [1.165, 1.54) is 6.92 Å². The average molecular weight is 168 g/mol. The second-order valence-corrected chi connectivity index (χ2v) is 3.40. The smallest absolute Gasteiger partial charge is 0.174 e. The van der Waals surface area contributed by atoms with Crippen molar-refractivity contribution in [3.63, 3.8) is 0 Å². The first kappa shape index (κ1) is 9.13. The number of Topliss-reactive ketones (excluding diaryl/α,β-unsaturated/α-hetero) is 2. The highest BCUT2D eigenvalue weighted by Crippen LogP contribution is 2.34. The first-order valence-electron chi connectivity index (χ1n) is 3.83.